The number of nitrogens with one attached hydrogen (secondary N) is 3. The molecule has 3 rings (SSSR count). The van der Waals surface area contributed by atoms with Crippen molar-refractivity contribution in [3.05, 3.63) is 77.9 Å². The van der Waals surface area contributed by atoms with Crippen molar-refractivity contribution in [3.8, 4) is 0 Å². The summed E-state index contributed by atoms with van der Waals surface area (Å²) in [6, 6.07) is 3.61. The Balaban J connectivity index is 2.09. The zero-order valence-corrected chi connectivity index (χ0v) is 22.0. The number of rotatable bonds is 8. The SMILES string of the molecule is C=C/C=C(\C(=C/NC)C(=C)Nc1cc(C2=CCNCC2)c(F)cc1N1CC(C)N(C)C(C)C1)C(F)(F)F. The van der Waals surface area contributed by atoms with Gasteiger partial charge in [-0.1, -0.05) is 25.3 Å². The lowest BCUT2D eigenvalue weighted by molar-refractivity contribution is -0.0891. The highest BCUT2D eigenvalue weighted by molar-refractivity contribution is 5.80. The summed E-state index contributed by atoms with van der Waals surface area (Å²) in [5.74, 6) is -0.355. The van der Waals surface area contributed by atoms with Gasteiger partial charge in [0.25, 0.3) is 0 Å². The molecule has 0 aliphatic carbocycles. The summed E-state index contributed by atoms with van der Waals surface area (Å²) in [5, 5.41) is 9.01. The molecule has 1 saturated heterocycles. The van der Waals surface area contributed by atoms with Crippen LogP contribution in [0.3, 0.4) is 0 Å². The molecule has 2 heterocycles. The van der Waals surface area contributed by atoms with E-state index in [4.69, 9.17) is 0 Å². The van der Waals surface area contributed by atoms with Gasteiger partial charge in [0.05, 0.1) is 16.9 Å². The number of likely N-dealkylation sites (N-methyl/N-ethyl adjacent to an activating group) is 1. The molecule has 0 aromatic heterocycles. The van der Waals surface area contributed by atoms with Gasteiger partial charge in [0.2, 0.25) is 0 Å². The van der Waals surface area contributed by atoms with Crippen LogP contribution in [0.4, 0.5) is 28.9 Å². The number of hydrogen-bond acceptors (Lipinski definition) is 5. The van der Waals surface area contributed by atoms with Crippen LogP contribution in [0.25, 0.3) is 5.57 Å². The van der Waals surface area contributed by atoms with Gasteiger partial charge in [0, 0.05) is 61.8 Å². The van der Waals surface area contributed by atoms with Gasteiger partial charge in [-0.15, -0.1) is 0 Å². The van der Waals surface area contributed by atoms with E-state index in [1.54, 1.807) is 6.07 Å². The van der Waals surface area contributed by atoms with Crippen molar-refractivity contribution >= 4 is 16.9 Å². The molecule has 1 aromatic rings. The van der Waals surface area contributed by atoms with Crippen molar-refractivity contribution in [1.29, 1.82) is 0 Å². The van der Waals surface area contributed by atoms with Crippen LogP contribution in [-0.4, -0.2) is 63.4 Å². The fourth-order valence-corrected chi connectivity index (χ4v) is 4.80. The number of benzene rings is 1. The van der Waals surface area contributed by atoms with Crippen LogP contribution in [0.5, 0.6) is 0 Å². The first kappa shape index (κ1) is 28.5. The molecule has 202 valence electrons. The molecule has 2 aliphatic heterocycles. The van der Waals surface area contributed by atoms with Crippen molar-refractivity contribution in [2.45, 2.75) is 38.5 Å². The standard InChI is InChI=1S/C28H37F4N5/c1-7-8-24(28(30,31)32)23(15-33-5)20(4)35-26-13-22(21-9-11-34-12-10-21)25(29)14-27(26)37-16-18(2)36(6)19(3)17-37/h7-9,13-15,18-19,33-35H,1,4,10-12,16-17H2,2-3,5-6H3/b23-15-,24-8+. The molecule has 5 nitrogen and oxygen atoms in total. The van der Waals surface area contributed by atoms with Gasteiger partial charge in [0.15, 0.2) is 0 Å². The van der Waals surface area contributed by atoms with Crippen molar-refractivity contribution in [2.24, 2.45) is 0 Å². The maximum atomic E-state index is 15.5. The second-order valence-electron chi connectivity index (χ2n) is 9.57. The average Bonchev–Trinajstić information content (AvgIpc) is 2.85. The van der Waals surface area contributed by atoms with Crippen LogP contribution >= 0.6 is 0 Å². The van der Waals surface area contributed by atoms with Crippen LogP contribution in [0.2, 0.25) is 0 Å². The van der Waals surface area contributed by atoms with E-state index in [9.17, 15) is 13.2 Å². The molecule has 0 spiro atoms. The maximum Gasteiger partial charge on any atom is 0.417 e. The molecular formula is C28H37F4N5. The Morgan fingerprint density at radius 3 is 2.41 bits per heavy atom. The van der Waals surface area contributed by atoms with E-state index in [2.05, 4.69) is 59.8 Å². The lowest BCUT2D eigenvalue weighted by atomic mass is 9.97. The van der Waals surface area contributed by atoms with Crippen LogP contribution in [0, 0.1) is 5.82 Å². The third-order valence-electron chi connectivity index (χ3n) is 6.98. The Morgan fingerprint density at radius 1 is 1.19 bits per heavy atom. The Bertz CT molecular complexity index is 1090. The van der Waals surface area contributed by atoms with Crippen LogP contribution < -0.4 is 20.9 Å². The Morgan fingerprint density at radius 2 is 1.86 bits per heavy atom. The molecule has 0 bridgehead atoms. The van der Waals surface area contributed by atoms with Gasteiger partial charge >= 0.3 is 6.18 Å². The quantitative estimate of drug-likeness (QED) is 0.316. The molecule has 0 saturated carbocycles. The normalized spacial score (nSPS) is 21.9. The van der Waals surface area contributed by atoms with Crippen molar-refractivity contribution in [1.82, 2.24) is 15.5 Å². The topological polar surface area (TPSA) is 42.6 Å². The molecule has 2 atom stereocenters. The van der Waals surface area contributed by atoms with Crippen LogP contribution in [0.15, 0.2) is 66.6 Å². The second-order valence-corrected chi connectivity index (χ2v) is 9.57. The fraction of sp³-hybridized carbons (Fsp3) is 0.429. The number of piperazine rings is 1. The molecule has 9 heteroatoms. The number of anilines is 2. The number of nitrogens with zero attached hydrogens (tertiary/aromatic N) is 2. The molecule has 0 amide bonds. The first-order chi connectivity index (χ1) is 17.5. The third-order valence-corrected chi connectivity index (χ3v) is 6.98. The predicted octanol–water partition coefficient (Wildman–Crippen LogP) is 5.43. The van der Waals surface area contributed by atoms with E-state index in [-0.39, 0.29) is 29.2 Å². The van der Waals surface area contributed by atoms with Gasteiger partial charge < -0.3 is 20.9 Å². The number of hydrogen-bond donors (Lipinski definition) is 3. The van der Waals surface area contributed by atoms with E-state index < -0.39 is 11.7 Å². The lowest BCUT2D eigenvalue weighted by Gasteiger charge is -2.44. The first-order valence-electron chi connectivity index (χ1n) is 12.4. The monoisotopic (exact) mass is 519 g/mol. The minimum atomic E-state index is -4.62. The van der Waals surface area contributed by atoms with Gasteiger partial charge in [-0.05, 0) is 57.6 Å². The van der Waals surface area contributed by atoms with Gasteiger partial charge in [-0.25, -0.2) is 4.39 Å². The predicted molar refractivity (Wildman–Crippen MR) is 145 cm³/mol. The summed E-state index contributed by atoms with van der Waals surface area (Å²) in [5.41, 5.74) is 1.39. The third kappa shape index (κ3) is 6.64. The number of halogens is 4. The van der Waals surface area contributed by atoms with Gasteiger partial charge in [-0.3, -0.25) is 4.90 Å². The summed E-state index contributed by atoms with van der Waals surface area (Å²) >= 11 is 0. The lowest BCUT2D eigenvalue weighted by Crippen LogP contribution is -2.55. The second kappa shape index (κ2) is 12.0. The van der Waals surface area contributed by atoms with Gasteiger partial charge in [-0.2, -0.15) is 13.2 Å². The molecule has 1 fully saturated rings. The average molecular weight is 520 g/mol. The highest BCUT2D eigenvalue weighted by Gasteiger charge is 2.37. The van der Waals surface area contributed by atoms with E-state index in [1.807, 2.05) is 6.08 Å². The Hall–Kier alpha value is -3.04. The highest BCUT2D eigenvalue weighted by atomic mass is 19.4. The van der Waals surface area contributed by atoms with E-state index >= 15 is 4.39 Å². The van der Waals surface area contributed by atoms with Crippen molar-refractivity contribution in [3.63, 3.8) is 0 Å². The van der Waals surface area contributed by atoms with E-state index in [1.165, 1.54) is 19.3 Å². The Labute approximate surface area is 217 Å². The Kier molecular flexibility index (Phi) is 9.26. The molecule has 1 aromatic carbocycles. The van der Waals surface area contributed by atoms with E-state index in [0.29, 0.717) is 43.0 Å². The summed E-state index contributed by atoms with van der Waals surface area (Å²) in [6.07, 6.45) is 1.23. The summed E-state index contributed by atoms with van der Waals surface area (Å²) in [7, 11) is 3.58. The van der Waals surface area contributed by atoms with Crippen molar-refractivity contribution in [2.75, 3.05) is 50.5 Å². The number of alkyl halides is 3. The smallest absolute Gasteiger partial charge is 0.393 e. The highest BCUT2D eigenvalue weighted by Crippen LogP contribution is 2.39. The molecule has 0 radical (unpaired) electrons. The minimum absolute atomic E-state index is 0.0353. The molecular weight excluding hydrogens is 482 g/mol. The maximum absolute atomic E-state index is 15.5. The molecule has 37 heavy (non-hydrogen) atoms. The first-order valence-corrected chi connectivity index (χ1v) is 12.4. The summed E-state index contributed by atoms with van der Waals surface area (Å²) in [4.78, 5) is 4.34. The number of allylic oxidation sites excluding steroid dienone is 3. The fourth-order valence-electron chi connectivity index (χ4n) is 4.80. The van der Waals surface area contributed by atoms with Crippen LogP contribution in [0.1, 0.15) is 25.8 Å². The largest absolute Gasteiger partial charge is 0.417 e. The van der Waals surface area contributed by atoms with E-state index in [0.717, 1.165) is 24.3 Å². The van der Waals surface area contributed by atoms with Crippen LogP contribution in [-0.2, 0) is 0 Å². The summed E-state index contributed by atoms with van der Waals surface area (Å²) < 4.78 is 57.2. The molecule has 2 aliphatic rings. The zero-order valence-electron chi connectivity index (χ0n) is 22.0. The zero-order chi connectivity index (χ0) is 27.3. The van der Waals surface area contributed by atoms with Crippen molar-refractivity contribution < 1.29 is 17.6 Å². The molecule has 3 N–H and O–H groups in total. The minimum Gasteiger partial charge on any atom is -0.393 e. The van der Waals surface area contributed by atoms with Gasteiger partial charge in [0.1, 0.15) is 5.82 Å². The molecule has 2 unspecified atom stereocenters. The summed E-state index contributed by atoms with van der Waals surface area (Å²) in [6.45, 7) is 14.2.